The second-order valence-corrected chi connectivity index (χ2v) is 8.95. The predicted octanol–water partition coefficient (Wildman–Crippen LogP) is 5.37. The van der Waals surface area contributed by atoms with Gasteiger partial charge in [-0.05, 0) is 43.9 Å². The Morgan fingerprint density at radius 1 is 0.895 bits per heavy atom. The van der Waals surface area contributed by atoms with Crippen LogP contribution in [0.15, 0.2) is 18.2 Å². The van der Waals surface area contributed by atoms with Crippen LogP contribution in [0.4, 0.5) is 9.59 Å². The second kappa shape index (κ2) is 17.2. The minimum absolute atomic E-state index is 0.122. The van der Waals surface area contributed by atoms with Gasteiger partial charge < -0.3 is 28.8 Å². The van der Waals surface area contributed by atoms with E-state index in [1.165, 1.54) is 18.2 Å². The summed E-state index contributed by atoms with van der Waals surface area (Å²) in [5, 5.41) is 12.9. The zero-order valence-electron chi connectivity index (χ0n) is 23.0. The monoisotopic (exact) mass is 539 g/mol. The van der Waals surface area contributed by atoms with Crippen LogP contribution in [-0.2, 0) is 30.2 Å². The summed E-state index contributed by atoms with van der Waals surface area (Å²) in [7, 11) is 0. The van der Waals surface area contributed by atoms with E-state index >= 15 is 0 Å². The number of carbonyl (C=O) groups excluding carboxylic acids is 3. The Labute approximate surface area is 224 Å². The fraction of sp³-hybridized carbons (Fsp3) is 0.630. The lowest BCUT2D eigenvalue weighted by Crippen LogP contribution is -2.59. The molecule has 0 aromatic heterocycles. The Morgan fingerprint density at radius 2 is 1.45 bits per heavy atom. The molecular formula is C27H41NO10. The van der Waals surface area contributed by atoms with Crippen LogP contribution in [0, 0.1) is 0 Å². The minimum Gasteiger partial charge on any atom is -0.477 e. The molecule has 0 heterocycles. The Bertz CT molecular complexity index is 919. The summed E-state index contributed by atoms with van der Waals surface area (Å²) in [5.41, 5.74) is -1.76. The molecule has 0 aliphatic heterocycles. The van der Waals surface area contributed by atoms with Crippen LogP contribution < -0.4 is 14.8 Å². The molecule has 214 valence electrons. The highest BCUT2D eigenvalue weighted by molar-refractivity contribution is 5.81. The number of nitrogens with one attached hydrogen (secondary N) is 1. The van der Waals surface area contributed by atoms with Crippen molar-refractivity contribution in [3.05, 3.63) is 23.8 Å². The fourth-order valence-corrected chi connectivity index (χ4v) is 3.41. The molecular weight excluding hydrogens is 498 g/mol. The molecule has 0 aliphatic rings. The van der Waals surface area contributed by atoms with E-state index in [2.05, 4.69) is 5.32 Å². The lowest BCUT2D eigenvalue weighted by molar-refractivity contribution is -0.183. The first-order valence-electron chi connectivity index (χ1n) is 13.1. The van der Waals surface area contributed by atoms with Gasteiger partial charge in [0.15, 0.2) is 11.5 Å². The molecule has 38 heavy (non-hydrogen) atoms. The topological polar surface area (TPSA) is 147 Å². The van der Waals surface area contributed by atoms with Gasteiger partial charge in [0.25, 0.3) is 5.72 Å². The van der Waals surface area contributed by atoms with Crippen molar-refractivity contribution in [2.45, 2.75) is 97.8 Å². The van der Waals surface area contributed by atoms with Crippen LogP contribution >= 0.6 is 0 Å². The number of unbranched alkanes of at least 4 members (excludes halogenated alkanes) is 4. The van der Waals surface area contributed by atoms with Crippen molar-refractivity contribution in [1.82, 2.24) is 5.32 Å². The van der Waals surface area contributed by atoms with Gasteiger partial charge in [0.05, 0.1) is 13.2 Å². The Balaban J connectivity index is 3.24. The third-order valence-corrected chi connectivity index (χ3v) is 5.54. The summed E-state index contributed by atoms with van der Waals surface area (Å²) < 4.78 is 25.9. The van der Waals surface area contributed by atoms with Gasteiger partial charge in [-0.15, -0.1) is 0 Å². The van der Waals surface area contributed by atoms with Crippen LogP contribution in [0.3, 0.4) is 0 Å². The molecule has 0 fully saturated rings. The van der Waals surface area contributed by atoms with Gasteiger partial charge in [-0.2, -0.15) is 0 Å². The highest BCUT2D eigenvalue weighted by Crippen LogP contribution is 2.31. The van der Waals surface area contributed by atoms with Gasteiger partial charge in [0, 0.05) is 19.4 Å². The Morgan fingerprint density at radius 3 is 1.92 bits per heavy atom. The molecule has 2 N–H and O–H groups in total. The normalized spacial score (nSPS) is 13.1. The Hall–Kier alpha value is -3.34. The quantitative estimate of drug-likeness (QED) is 0.0865. The fourth-order valence-electron chi connectivity index (χ4n) is 3.41. The Kier molecular flexibility index (Phi) is 14.8. The minimum atomic E-state index is -2.08. The van der Waals surface area contributed by atoms with E-state index in [4.69, 9.17) is 23.7 Å². The summed E-state index contributed by atoms with van der Waals surface area (Å²) in [6.45, 7) is 9.07. The smallest absolute Gasteiger partial charge is 0.477 e. The van der Waals surface area contributed by atoms with Crippen molar-refractivity contribution in [3.63, 3.8) is 0 Å². The van der Waals surface area contributed by atoms with Crippen molar-refractivity contribution >= 4 is 24.2 Å². The molecule has 1 unspecified atom stereocenters. The molecule has 1 rings (SSSR count). The zero-order valence-corrected chi connectivity index (χ0v) is 23.0. The van der Waals surface area contributed by atoms with Gasteiger partial charge in [0.1, 0.15) is 0 Å². The zero-order chi connectivity index (χ0) is 28.6. The van der Waals surface area contributed by atoms with E-state index in [0.29, 0.717) is 24.8 Å². The van der Waals surface area contributed by atoms with Crippen LogP contribution in [-0.4, -0.2) is 54.3 Å². The van der Waals surface area contributed by atoms with E-state index in [1.807, 2.05) is 20.8 Å². The summed E-state index contributed by atoms with van der Waals surface area (Å²) >= 11 is 0. The summed E-state index contributed by atoms with van der Waals surface area (Å²) in [5.74, 6) is -2.50. The molecule has 0 spiro atoms. The molecule has 0 radical (unpaired) electrons. The highest BCUT2D eigenvalue weighted by Gasteiger charge is 2.43. The number of rotatable bonds is 17. The highest BCUT2D eigenvalue weighted by atomic mass is 16.7. The maximum Gasteiger partial charge on any atom is 0.513 e. The third kappa shape index (κ3) is 11.8. The number of hydrogen-bond acceptors (Lipinski definition) is 10. The number of esters is 1. The van der Waals surface area contributed by atoms with Crippen molar-refractivity contribution in [2.24, 2.45) is 0 Å². The third-order valence-electron chi connectivity index (χ3n) is 5.54. The van der Waals surface area contributed by atoms with Crippen LogP contribution in [0.25, 0.3) is 0 Å². The molecule has 11 heteroatoms. The first-order chi connectivity index (χ1) is 18.1. The van der Waals surface area contributed by atoms with E-state index in [9.17, 15) is 24.3 Å². The van der Waals surface area contributed by atoms with Gasteiger partial charge in [-0.25, -0.2) is 14.4 Å². The first kappa shape index (κ1) is 32.7. The summed E-state index contributed by atoms with van der Waals surface area (Å²) in [4.78, 5) is 48.6. The average Bonchev–Trinajstić information content (AvgIpc) is 2.85. The molecule has 0 bridgehead atoms. The van der Waals surface area contributed by atoms with Crippen molar-refractivity contribution in [1.29, 1.82) is 0 Å². The second-order valence-electron chi connectivity index (χ2n) is 8.95. The summed E-state index contributed by atoms with van der Waals surface area (Å²) in [6.07, 6.45) is 3.26. The number of carboxylic acids is 1. The number of benzene rings is 1. The molecule has 2 atom stereocenters. The van der Waals surface area contributed by atoms with Crippen LogP contribution in [0.1, 0.15) is 85.1 Å². The van der Waals surface area contributed by atoms with Crippen molar-refractivity contribution in [3.8, 4) is 11.5 Å². The van der Waals surface area contributed by atoms with E-state index in [0.717, 1.165) is 32.6 Å². The predicted molar refractivity (Wildman–Crippen MR) is 138 cm³/mol. The van der Waals surface area contributed by atoms with E-state index in [-0.39, 0.29) is 37.2 Å². The number of carbonyl (C=O) groups is 4. The number of hydrogen-bond donors (Lipinski definition) is 2. The SMILES string of the molecule is CCCCCOC(=O)Oc1ccc(C[C@](NC(C)CC)(OC(C)=O)C(=O)O)cc1OC(=O)OCCCCC. The van der Waals surface area contributed by atoms with Gasteiger partial charge >= 0.3 is 24.2 Å². The van der Waals surface area contributed by atoms with Gasteiger partial charge in [0.2, 0.25) is 0 Å². The largest absolute Gasteiger partial charge is 0.513 e. The van der Waals surface area contributed by atoms with Crippen LogP contribution in [0.2, 0.25) is 0 Å². The average molecular weight is 540 g/mol. The molecule has 1 aromatic carbocycles. The molecule has 1 aromatic rings. The van der Waals surface area contributed by atoms with Crippen LogP contribution in [0.5, 0.6) is 11.5 Å². The lowest BCUT2D eigenvalue weighted by atomic mass is 10.00. The van der Waals surface area contributed by atoms with Gasteiger partial charge in [-0.1, -0.05) is 52.5 Å². The summed E-state index contributed by atoms with van der Waals surface area (Å²) in [6, 6.07) is 3.83. The number of aliphatic carboxylic acids is 1. The molecule has 0 saturated carbocycles. The van der Waals surface area contributed by atoms with Crippen molar-refractivity contribution in [2.75, 3.05) is 13.2 Å². The molecule has 0 aliphatic carbocycles. The number of ether oxygens (including phenoxy) is 5. The van der Waals surface area contributed by atoms with Crippen molar-refractivity contribution < 1.29 is 48.0 Å². The standard InChI is InChI=1S/C27H41NO10/c1-6-9-11-15-34-25(32)36-22-14-13-21(17-23(22)37-26(33)35-16-12-10-7-2)18-27(24(30)31,38-20(5)29)28-19(4)8-3/h13-14,17,19,28H,6-12,15-16,18H2,1-5H3,(H,30,31)/t19?,27-/m0/s1. The maximum atomic E-state index is 12.3. The van der Waals surface area contributed by atoms with Gasteiger partial charge in [-0.3, -0.25) is 10.1 Å². The molecule has 0 saturated heterocycles. The maximum absolute atomic E-state index is 12.3. The van der Waals surface area contributed by atoms with E-state index in [1.54, 1.807) is 6.92 Å². The van der Waals surface area contributed by atoms with E-state index < -0.39 is 30.0 Å². The first-order valence-corrected chi connectivity index (χ1v) is 13.1. The molecule has 11 nitrogen and oxygen atoms in total. The number of carboxylic acid groups (broad SMARTS) is 1. The molecule has 0 amide bonds. The lowest BCUT2D eigenvalue weighted by Gasteiger charge is -2.32.